The van der Waals surface area contributed by atoms with E-state index in [0.29, 0.717) is 36.6 Å². The van der Waals surface area contributed by atoms with E-state index in [1.54, 1.807) is 35.8 Å². The van der Waals surface area contributed by atoms with Gasteiger partial charge in [0.1, 0.15) is 10.6 Å². The van der Waals surface area contributed by atoms with Gasteiger partial charge in [0.05, 0.1) is 17.5 Å². The molecule has 1 aliphatic heterocycles. The van der Waals surface area contributed by atoms with Crippen LogP contribution in [0.1, 0.15) is 53.7 Å². The van der Waals surface area contributed by atoms with E-state index < -0.39 is 10.0 Å². The molecule has 3 aromatic rings. The van der Waals surface area contributed by atoms with E-state index in [1.165, 1.54) is 4.31 Å². The van der Waals surface area contributed by atoms with Crippen molar-refractivity contribution in [3.05, 3.63) is 53.3 Å². The monoisotopic (exact) mass is 472 g/mol. The topological polar surface area (TPSA) is 114 Å². The normalized spacial score (nSPS) is 15.7. The Kier molecular flexibility index (Phi) is 6.35. The number of rotatable bonds is 5. The molecule has 0 N–H and O–H groups in total. The van der Waals surface area contributed by atoms with Crippen molar-refractivity contribution < 1.29 is 17.7 Å². The molecule has 0 bridgehead atoms. The summed E-state index contributed by atoms with van der Waals surface area (Å²) in [6.45, 7) is 8.48. The molecule has 0 unspecified atom stereocenters. The molecule has 4 rings (SSSR count). The van der Waals surface area contributed by atoms with Gasteiger partial charge in [-0.2, -0.15) is 9.40 Å². The molecule has 10 nitrogen and oxygen atoms in total. The molecule has 1 aliphatic rings. The van der Waals surface area contributed by atoms with Crippen LogP contribution in [0.25, 0.3) is 5.82 Å². The van der Waals surface area contributed by atoms with Crippen molar-refractivity contribution in [3.63, 3.8) is 0 Å². The maximum Gasteiger partial charge on any atom is 0.257 e. The van der Waals surface area contributed by atoms with E-state index in [9.17, 15) is 13.2 Å². The molecule has 4 heterocycles. The molecule has 0 aromatic carbocycles. The maximum atomic E-state index is 13.5. The van der Waals surface area contributed by atoms with Gasteiger partial charge >= 0.3 is 0 Å². The summed E-state index contributed by atoms with van der Waals surface area (Å²) in [5.41, 5.74) is 1.63. The first-order valence-electron chi connectivity index (χ1n) is 10.9. The van der Waals surface area contributed by atoms with Crippen LogP contribution in [0.15, 0.2) is 40.0 Å². The van der Waals surface area contributed by atoms with Crippen molar-refractivity contribution >= 4 is 15.9 Å². The number of hydrogen-bond acceptors (Lipinski definition) is 7. The van der Waals surface area contributed by atoms with Crippen molar-refractivity contribution in [2.24, 2.45) is 0 Å². The Morgan fingerprint density at radius 1 is 1.12 bits per heavy atom. The smallest absolute Gasteiger partial charge is 0.257 e. The Morgan fingerprint density at radius 2 is 1.91 bits per heavy atom. The van der Waals surface area contributed by atoms with Crippen LogP contribution in [0, 0.1) is 13.8 Å². The van der Waals surface area contributed by atoms with Gasteiger partial charge in [-0.15, -0.1) is 0 Å². The quantitative estimate of drug-likeness (QED) is 0.560. The summed E-state index contributed by atoms with van der Waals surface area (Å²) in [4.78, 5) is 19.6. The van der Waals surface area contributed by atoms with Crippen molar-refractivity contribution in [1.29, 1.82) is 0 Å². The van der Waals surface area contributed by atoms with Gasteiger partial charge < -0.3 is 9.42 Å². The summed E-state index contributed by atoms with van der Waals surface area (Å²) in [5, 5.41) is 8.21. The second-order valence-corrected chi connectivity index (χ2v) is 10.3. The molecule has 0 saturated carbocycles. The van der Waals surface area contributed by atoms with Gasteiger partial charge in [0, 0.05) is 32.4 Å². The minimum Gasteiger partial charge on any atom is -0.360 e. The summed E-state index contributed by atoms with van der Waals surface area (Å²) in [7, 11) is -3.76. The molecular weight excluding hydrogens is 444 g/mol. The minimum atomic E-state index is -3.76. The van der Waals surface area contributed by atoms with Crippen molar-refractivity contribution in [2.75, 3.05) is 26.2 Å². The van der Waals surface area contributed by atoms with E-state index in [1.807, 2.05) is 32.0 Å². The fourth-order valence-electron chi connectivity index (χ4n) is 4.22. The summed E-state index contributed by atoms with van der Waals surface area (Å²) < 4.78 is 34.6. The molecular formula is C22H28N6O4S. The van der Waals surface area contributed by atoms with Crippen LogP contribution >= 0.6 is 0 Å². The van der Waals surface area contributed by atoms with Crippen molar-refractivity contribution in [3.8, 4) is 5.82 Å². The van der Waals surface area contributed by atoms with Gasteiger partial charge in [-0.3, -0.25) is 4.79 Å². The molecule has 3 aromatic heterocycles. The van der Waals surface area contributed by atoms with Crippen molar-refractivity contribution in [2.45, 2.75) is 44.9 Å². The number of carbonyl (C=O) groups excluding carboxylic acids is 1. The highest BCUT2D eigenvalue weighted by Gasteiger charge is 2.34. The third kappa shape index (κ3) is 4.30. The van der Waals surface area contributed by atoms with Crippen LogP contribution in [0.3, 0.4) is 0 Å². The lowest BCUT2D eigenvalue weighted by Crippen LogP contribution is -2.37. The second-order valence-electron chi connectivity index (χ2n) is 8.40. The number of nitrogens with zero attached hydrogens (tertiary/aromatic N) is 6. The number of pyridine rings is 1. The number of sulfonamides is 1. The van der Waals surface area contributed by atoms with E-state index in [-0.39, 0.29) is 35.6 Å². The van der Waals surface area contributed by atoms with Gasteiger partial charge in [0.15, 0.2) is 11.6 Å². The fraction of sp³-hybridized carbons (Fsp3) is 0.455. The lowest BCUT2D eigenvalue weighted by molar-refractivity contribution is 0.0762. The van der Waals surface area contributed by atoms with Crippen LogP contribution < -0.4 is 0 Å². The molecule has 0 atom stereocenters. The molecule has 1 saturated heterocycles. The van der Waals surface area contributed by atoms with Crippen LogP contribution in [-0.2, 0) is 10.0 Å². The highest BCUT2D eigenvalue weighted by molar-refractivity contribution is 7.89. The van der Waals surface area contributed by atoms with E-state index in [4.69, 9.17) is 4.52 Å². The predicted molar refractivity (Wildman–Crippen MR) is 121 cm³/mol. The van der Waals surface area contributed by atoms with Crippen LogP contribution in [0.4, 0.5) is 0 Å². The third-order valence-corrected chi connectivity index (χ3v) is 7.90. The highest BCUT2D eigenvalue weighted by atomic mass is 32.2. The number of hydrogen-bond donors (Lipinski definition) is 0. The minimum absolute atomic E-state index is 0.0388. The number of amides is 1. The average molecular weight is 473 g/mol. The summed E-state index contributed by atoms with van der Waals surface area (Å²) >= 11 is 0. The molecule has 11 heteroatoms. The Bertz CT molecular complexity index is 1230. The van der Waals surface area contributed by atoms with E-state index in [0.717, 1.165) is 5.69 Å². The molecule has 0 aliphatic carbocycles. The Labute approximate surface area is 193 Å². The fourth-order valence-corrected chi connectivity index (χ4v) is 5.98. The molecule has 1 fully saturated rings. The van der Waals surface area contributed by atoms with E-state index >= 15 is 0 Å². The number of carbonyl (C=O) groups is 1. The maximum absolute atomic E-state index is 13.5. The number of aryl methyl sites for hydroxylation is 2. The summed E-state index contributed by atoms with van der Waals surface area (Å²) in [6.07, 6.45) is 3.79. The van der Waals surface area contributed by atoms with Crippen LogP contribution in [-0.4, -0.2) is 69.6 Å². The van der Waals surface area contributed by atoms with E-state index in [2.05, 4.69) is 15.2 Å². The lowest BCUT2D eigenvalue weighted by atomic mass is 10.0. The predicted octanol–water partition coefficient (Wildman–Crippen LogP) is 2.53. The summed E-state index contributed by atoms with van der Waals surface area (Å²) in [5.74, 6) is 0.801. The molecule has 0 radical (unpaired) electrons. The molecule has 0 spiro atoms. The largest absolute Gasteiger partial charge is 0.360 e. The van der Waals surface area contributed by atoms with Gasteiger partial charge in [0.25, 0.3) is 5.91 Å². The SMILES string of the molecule is Cc1noc(C)c1S(=O)(=O)N1CCCN(C(=O)c2cnn(-c3ccccn3)c2C(C)C)CC1. The zero-order chi connectivity index (χ0) is 23.8. The third-order valence-electron chi connectivity index (χ3n) is 5.76. The van der Waals surface area contributed by atoms with Gasteiger partial charge in [-0.1, -0.05) is 25.1 Å². The zero-order valence-electron chi connectivity index (χ0n) is 19.2. The Morgan fingerprint density at radius 3 is 2.55 bits per heavy atom. The van der Waals surface area contributed by atoms with Crippen molar-refractivity contribution in [1.82, 2.24) is 29.1 Å². The van der Waals surface area contributed by atoms with Gasteiger partial charge in [-0.25, -0.2) is 18.1 Å². The van der Waals surface area contributed by atoms with Crippen LogP contribution in [0.2, 0.25) is 0 Å². The number of aromatic nitrogens is 4. The zero-order valence-corrected chi connectivity index (χ0v) is 20.0. The average Bonchev–Trinajstić information content (AvgIpc) is 3.28. The summed E-state index contributed by atoms with van der Waals surface area (Å²) in [6, 6.07) is 5.54. The van der Waals surface area contributed by atoms with Crippen LogP contribution in [0.5, 0.6) is 0 Å². The first-order chi connectivity index (χ1) is 15.7. The standard InChI is InChI=1S/C22H28N6O4S/c1-15(2)20-18(14-24-28(20)19-8-5-6-9-23-19)22(29)26-10-7-11-27(13-12-26)33(30,31)21-16(3)25-32-17(21)4/h5-6,8-9,14-15H,7,10-13H2,1-4H3. The first-order valence-corrected chi connectivity index (χ1v) is 12.4. The Hall–Kier alpha value is -3.05. The molecule has 33 heavy (non-hydrogen) atoms. The lowest BCUT2D eigenvalue weighted by Gasteiger charge is -2.22. The second kappa shape index (κ2) is 9.06. The first kappa shape index (κ1) is 23.1. The molecule has 176 valence electrons. The molecule has 1 amide bonds. The van der Waals surface area contributed by atoms with Gasteiger partial charge in [0.2, 0.25) is 10.0 Å². The highest BCUT2D eigenvalue weighted by Crippen LogP contribution is 2.26. The van der Waals surface area contributed by atoms with Gasteiger partial charge in [-0.05, 0) is 38.3 Å². The Balaban J connectivity index is 1.57.